The van der Waals surface area contributed by atoms with E-state index < -0.39 is 30.0 Å². The number of hydrogen-bond acceptors (Lipinski definition) is 5. The maximum absolute atomic E-state index is 13.6. The fourth-order valence-electron chi connectivity index (χ4n) is 4.51. The lowest BCUT2D eigenvalue weighted by Gasteiger charge is -2.23. The molecule has 0 spiro atoms. The lowest BCUT2D eigenvalue weighted by atomic mass is 10.0. The van der Waals surface area contributed by atoms with Crippen molar-refractivity contribution in [3.63, 3.8) is 0 Å². The predicted molar refractivity (Wildman–Crippen MR) is 168 cm³/mol. The molecule has 10 heteroatoms. The standard InChI is InChI=1S/C33H36N6O4/c34-32(35)36-19-9-16-28(39-33(42)43-22-24-12-5-2-6-13-24)30(40)38-29(20-23-10-3-1-4-11-23)31(41)37-27-18-17-25-14-7-8-15-26(25)21-27/h1-8,10-15,17-18,21,28-29H,9,16,19-20,22H2,(H,37,41)(H,38,40)(H,39,42)(H4,34,35,36)/t28-,29-/m0/s1. The fraction of sp³-hybridized carbons (Fsp3) is 0.212. The fourth-order valence-corrected chi connectivity index (χ4v) is 4.51. The Morgan fingerprint density at radius 1 is 0.721 bits per heavy atom. The molecule has 0 saturated carbocycles. The molecular weight excluding hydrogens is 544 g/mol. The van der Waals surface area contributed by atoms with Crippen LogP contribution in [0.3, 0.4) is 0 Å². The number of amides is 3. The molecule has 0 bridgehead atoms. The van der Waals surface area contributed by atoms with E-state index in [9.17, 15) is 14.4 Å². The maximum atomic E-state index is 13.6. The summed E-state index contributed by atoms with van der Waals surface area (Å²) in [6, 6.07) is 30.1. The lowest BCUT2D eigenvalue weighted by molar-refractivity contribution is -0.128. The summed E-state index contributed by atoms with van der Waals surface area (Å²) < 4.78 is 5.34. The zero-order chi connectivity index (χ0) is 30.4. The Hall–Kier alpha value is -5.38. The number of hydrogen-bond donors (Lipinski definition) is 5. The van der Waals surface area contributed by atoms with Crippen molar-refractivity contribution < 1.29 is 19.1 Å². The van der Waals surface area contributed by atoms with Crippen molar-refractivity contribution in [2.24, 2.45) is 16.5 Å². The van der Waals surface area contributed by atoms with Gasteiger partial charge in [-0.25, -0.2) is 4.79 Å². The van der Waals surface area contributed by atoms with Crippen LogP contribution in [0.2, 0.25) is 0 Å². The van der Waals surface area contributed by atoms with Crippen LogP contribution in [0.5, 0.6) is 0 Å². The molecule has 0 unspecified atom stereocenters. The molecule has 0 heterocycles. The first-order valence-corrected chi connectivity index (χ1v) is 14.0. The summed E-state index contributed by atoms with van der Waals surface area (Å²) in [6.45, 7) is 0.308. The van der Waals surface area contributed by atoms with Crippen LogP contribution in [-0.2, 0) is 27.4 Å². The Kier molecular flexibility index (Phi) is 11.1. The first-order valence-electron chi connectivity index (χ1n) is 14.0. The minimum absolute atomic E-state index is 0.0415. The predicted octanol–water partition coefficient (Wildman–Crippen LogP) is 3.85. The van der Waals surface area contributed by atoms with E-state index in [1.165, 1.54) is 0 Å². The van der Waals surface area contributed by atoms with Gasteiger partial charge in [0.15, 0.2) is 5.96 Å². The number of nitrogens with two attached hydrogens (primary N) is 2. The van der Waals surface area contributed by atoms with Gasteiger partial charge in [-0.15, -0.1) is 0 Å². The van der Waals surface area contributed by atoms with Gasteiger partial charge in [-0.05, 0) is 46.9 Å². The Morgan fingerprint density at radius 2 is 1.37 bits per heavy atom. The van der Waals surface area contributed by atoms with Crippen molar-refractivity contribution in [2.75, 3.05) is 11.9 Å². The van der Waals surface area contributed by atoms with Gasteiger partial charge in [0.2, 0.25) is 11.8 Å². The normalized spacial score (nSPS) is 12.0. The molecule has 10 nitrogen and oxygen atoms in total. The zero-order valence-corrected chi connectivity index (χ0v) is 23.7. The van der Waals surface area contributed by atoms with E-state index in [1.807, 2.05) is 103 Å². The number of alkyl carbamates (subject to hydrolysis) is 1. The number of rotatable bonds is 13. The molecular formula is C33H36N6O4. The van der Waals surface area contributed by atoms with E-state index in [-0.39, 0.29) is 32.0 Å². The maximum Gasteiger partial charge on any atom is 0.408 e. The second-order valence-corrected chi connectivity index (χ2v) is 10.0. The zero-order valence-electron chi connectivity index (χ0n) is 23.7. The van der Waals surface area contributed by atoms with Gasteiger partial charge in [-0.2, -0.15) is 0 Å². The minimum Gasteiger partial charge on any atom is -0.445 e. The quantitative estimate of drug-likeness (QED) is 0.0917. The molecule has 43 heavy (non-hydrogen) atoms. The average Bonchev–Trinajstić information content (AvgIpc) is 3.02. The molecule has 0 radical (unpaired) electrons. The summed E-state index contributed by atoms with van der Waals surface area (Å²) in [5.41, 5.74) is 13.1. The Balaban J connectivity index is 1.48. The molecule has 0 aliphatic heterocycles. The molecule has 4 aromatic rings. The highest BCUT2D eigenvalue weighted by Gasteiger charge is 2.27. The van der Waals surface area contributed by atoms with E-state index in [0.717, 1.165) is 21.9 Å². The highest BCUT2D eigenvalue weighted by Crippen LogP contribution is 2.19. The number of nitrogens with zero attached hydrogens (tertiary/aromatic N) is 1. The molecule has 222 valence electrons. The van der Waals surface area contributed by atoms with Crippen LogP contribution < -0.4 is 27.4 Å². The van der Waals surface area contributed by atoms with Crippen molar-refractivity contribution in [1.29, 1.82) is 0 Å². The molecule has 4 rings (SSSR count). The summed E-state index contributed by atoms with van der Waals surface area (Å²) in [4.78, 5) is 43.7. The summed E-state index contributed by atoms with van der Waals surface area (Å²) in [5.74, 6) is -0.987. The Morgan fingerprint density at radius 3 is 2.07 bits per heavy atom. The van der Waals surface area contributed by atoms with E-state index >= 15 is 0 Å². The minimum atomic E-state index is -0.996. The number of fused-ring (bicyclic) bond motifs is 1. The largest absolute Gasteiger partial charge is 0.445 e. The third kappa shape index (κ3) is 9.89. The average molecular weight is 581 g/mol. The molecule has 4 aromatic carbocycles. The van der Waals surface area contributed by atoms with Crippen molar-refractivity contribution in [3.8, 4) is 0 Å². The van der Waals surface area contributed by atoms with Crippen molar-refractivity contribution in [3.05, 3.63) is 114 Å². The topological polar surface area (TPSA) is 161 Å². The van der Waals surface area contributed by atoms with Gasteiger partial charge >= 0.3 is 6.09 Å². The van der Waals surface area contributed by atoms with Crippen LogP contribution in [0.1, 0.15) is 24.0 Å². The van der Waals surface area contributed by atoms with E-state index in [4.69, 9.17) is 16.2 Å². The van der Waals surface area contributed by atoms with Crippen LogP contribution in [-0.4, -0.2) is 42.5 Å². The lowest BCUT2D eigenvalue weighted by Crippen LogP contribution is -2.53. The monoisotopic (exact) mass is 580 g/mol. The number of carbonyl (C=O) groups excluding carboxylic acids is 3. The number of guanidine groups is 1. The number of carbonyl (C=O) groups is 3. The Labute approximate surface area is 250 Å². The number of benzene rings is 4. The molecule has 7 N–H and O–H groups in total. The SMILES string of the molecule is NC(N)=NCCC[C@H](NC(=O)OCc1ccccc1)C(=O)N[C@@H](Cc1ccccc1)C(=O)Nc1ccc2ccccc2c1. The van der Waals surface area contributed by atoms with Gasteiger partial charge in [0, 0.05) is 18.7 Å². The second kappa shape index (κ2) is 15.6. The summed E-state index contributed by atoms with van der Waals surface area (Å²) >= 11 is 0. The van der Waals surface area contributed by atoms with Gasteiger partial charge < -0.3 is 32.2 Å². The van der Waals surface area contributed by atoms with Gasteiger partial charge in [-0.3, -0.25) is 14.6 Å². The molecule has 0 aromatic heterocycles. The van der Waals surface area contributed by atoms with Crippen LogP contribution >= 0.6 is 0 Å². The van der Waals surface area contributed by atoms with E-state index in [0.29, 0.717) is 12.1 Å². The van der Waals surface area contributed by atoms with Crippen LogP contribution in [0.4, 0.5) is 10.5 Å². The third-order valence-electron chi connectivity index (χ3n) is 6.70. The summed E-state index contributed by atoms with van der Waals surface area (Å²) in [5, 5.41) is 10.4. The molecule has 2 atom stereocenters. The van der Waals surface area contributed by atoms with Crippen LogP contribution in [0, 0.1) is 0 Å². The van der Waals surface area contributed by atoms with Gasteiger partial charge in [0.25, 0.3) is 0 Å². The van der Waals surface area contributed by atoms with Crippen molar-refractivity contribution in [2.45, 2.75) is 38.0 Å². The highest BCUT2D eigenvalue weighted by molar-refractivity contribution is 6.00. The summed E-state index contributed by atoms with van der Waals surface area (Å²) in [6.07, 6.45) is 0.103. The smallest absolute Gasteiger partial charge is 0.408 e. The van der Waals surface area contributed by atoms with Gasteiger partial charge in [0.1, 0.15) is 18.7 Å². The second-order valence-electron chi connectivity index (χ2n) is 10.0. The van der Waals surface area contributed by atoms with Gasteiger partial charge in [0.05, 0.1) is 0 Å². The van der Waals surface area contributed by atoms with Crippen LogP contribution in [0.15, 0.2) is 108 Å². The molecule has 0 saturated heterocycles. The molecule has 0 aliphatic carbocycles. The van der Waals surface area contributed by atoms with Crippen molar-refractivity contribution >= 4 is 40.3 Å². The van der Waals surface area contributed by atoms with Crippen molar-refractivity contribution in [1.82, 2.24) is 10.6 Å². The first kappa shape index (κ1) is 30.6. The highest BCUT2D eigenvalue weighted by atomic mass is 16.5. The number of aliphatic imine (C=N–C) groups is 1. The van der Waals surface area contributed by atoms with Crippen LogP contribution in [0.25, 0.3) is 10.8 Å². The number of ether oxygens (including phenoxy) is 1. The number of nitrogens with one attached hydrogen (secondary N) is 3. The van der Waals surface area contributed by atoms with E-state index in [2.05, 4.69) is 20.9 Å². The first-order chi connectivity index (χ1) is 20.9. The molecule has 3 amide bonds. The van der Waals surface area contributed by atoms with Gasteiger partial charge in [-0.1, -0.05) is 91.0 Å². The number of anilines is 1. The van der Waals surface area contributed by atoms with E-state index in [1.54, 1.807) is 0 Å². The molecule has 0 aliphatic rings. The third-order valence-corrected chi connectivity index (χ3v) is 6.70. The summed E-state index contributed by atoms with van der Waals surface area (Å²) in [7, 11) is 0. The Bertz CT molecular complexity index is 1540. The molecule has 0 fully saturated rings.